The molecule has 31 heavy (non-hydrogen) atoms. The van der Waals surface area contributed by atoms with Crippen molar-refractivity contribution in [1.82, 2.24) is 4.98 Å². The average molecular weight is 458 g/mol. The van der Waals surface area contributed by atoms with Gasteiger partial charge in [0, 0.05) is 23.4 Å². The van der Waals surface area contributed by atoms with E-state index < -0.39 is 66.3 Å². The van der Waals surface area contributed by atoms with E-state index in [-0.39, 0.29) is 11.5 Å². The van der Waals surface area contributed by atoms with Gasteiger partial charge in [-0.1, -0.05) is 0 Å². The summed E-state index contributed by atoms with van der Waals surface area (Å²) in [7, 11) is -3.91. The largest absolute Gasteiger partial charge is 0.386 e. The molecule has 1 aliphatic rings. The monoisotopic (exact) mass is 458 g/mol. The van der Waals surface area contributed by atoms with Gasteiger partial charge in [-0.25, -0.2) is 31.0 Å². The van der Waals surface area contributed by atoms with Crippen LogP contribution in [-0.4, -0.2) is 35.6 Å². The van der Waals surface area contributed by atoms with E-state index in [1.165, 1.54) is 20.8 Å². The zero-order valence-electron chi connectivity index (χ0n) is 16.6. The maximum Gasteiger partial charge on any atom is 0.277 e. The van der Waals surface area contributed by atoms with Gasteiger partial charge in [0.25, 0.3) is 5.91 Å². The summed E-state index contributed by atoms with van der Waals surface area (Å²) in [6.45, 7) is 3.95. The van der Waals surface area contributed by atoms with Crippen molar-refractivity contribution < 1.29 is 30.8 Å². The molecule has 0 fully saturated rings. The summed E-state index contributed by atoms with van der Waals surface area (Å²) >= 11 is 0. The lowest BCUT2D eigenvalue weighted by Crippen LogP contribution is -2.55. The molecule has 0 saturated heterocycles. The second-order valence-corrected chi connectivity index (χ2v) is 10.3. The Morgan fingerprint density at radius 3 is 2.32 bits per heavy atom. The molecule has 0 aliphatic carbocycles. The van der Waals surface area contributed by atoms with Gasteiger partial charge in [-0.2, -0.15) is 0 Å². The van der Waals surface area contributed by atoms with Crippen LogP contribution in [0.2, 0.25) is 0 Å². The minimum atomic E-state index is -3.91. The predicted molar refractivity (Wildman–Crippen MR) is 105 cm³/mol. The molecule has 12 heteroatoms. The van der Waals surface area contributed by atoms with Crippen LogP contribution in [-0.2, 0) is 15.4 Å². The number of carbonyl (C=O) groups excluding carboxylic acids is 1. The molecule has 0 unspecified atom stereocenters. The maximum absolute atomic E-state index is 14.6. The highest BCUT2D eigenvalue weighted by atomic mass is 32.2. The minimum Gasteiger partial charge on any atom is -0.386 e. The van der Waals surface area contributed by atoms with E-state index in [0.29, 0.717) is 18.3 Å². The number of rotatable bonds is 3. The number of hydrogen-bond acceptors (Lipinski definition) is 6. The normalized spacial score (nSPS) is 22.0. The first-order valence-corrected chi connectivity index (χ1v) is 10.5. The standard InChI is InChI=1S/C19H18F4N4O3S/c1-18(2)17(24)27-19(3,8-31(18,29)30)11-5-10(6-12(21)14(11)23)26-16(28)15-13(22)4-9(20)7-25-15/h4-7H,8H2,1-3H3,(H2,24,27)(H,26,28)/t19-/m0/s1. The highest BCUT2D eigenvalue weighted by Gasteiger charge is 2.49. The Bertz CT molecular complexity index is 1230. The number of nitrogens with two attached hydrogens (primary N) is 1. The van der Waals surface area contributed by atoms with Crippen molar-refractivity contribution in [3.05, 3.63) is 58.9 Å². The molecule has 0 saturated carbocycles. The van der Waals surface area contributed by atoms with Crippen molar-refractivity contribution in [3.8, 4) is 0 Å². The van der Waals surface area contributed by atoms with Crippen LogP contribution in [0.5, 0.6) is 0 Å². The first-order chi connectivity index (χ1) is 14.2. The second-order valence-electron chi connectivity index (χ2n) is 7.80. The number of nitrogens with zero attached hydrogens (tertiary/aromatic N) is 2. The van der Waals surface area contributed by atoms with E-state index >= 15 is 0 Å². The van der Waals surface area contributed by atoms with Crippen LogP contribution in [0, 0.1) is 23.3 Å². The average Bonchev–Trinajstić information content (AvgIpc) is 2.62. The Morgan fingerprint density at radius 1 is 1.10 bits per heavy atom. The van der Waals surface area contributed by atoms with Gasteiger partial charge in [0.1, 0.15) is 21.9 Å². The summed E-state index contributed by atoms with van der Waals surface area (Å²) in [6, 6.07) is 2.03. The lowest BCUT2D eigenvalue weighted by molar-refractivity contribution is 0.101. The molecular weight excluding hydrogens is 440 g/mol. The molecule has 0 spiro atoms. The number of amides is 1. The molecule has 7 nitrogen and oxygen atoms in total. The molecule has 0 bridgehead atoms. The molecule has 3 N–H and O–H groups in total. The van der Waals surface area contributed by atoms with E-state index in [4.69, 9.17) is 5.73 Å². The number of amidine groups is 1. The number of anilines is 1. The first-order valence-electron chi connectivity index (χ1n) is 8.88. The quantitative estimate of drug-likeness (QED) is 0.687. The summed E-state index contributed by atoms with van der Waals surface area (Å²) in [5, 5.41) is 2.13. The molecule has 1 atom stereocenters. The Hall–Kier alpha value is -3.02. The topological polar surface area (TPSA) is 115 Å². The molecule has 166 valence electrons. The third kappa shape index (κ3) is 3.87. The third-order valence-electron chi connectivity index (χ3n) is 5.12. The number of aliphatic imine (C=N–C) groups is 1. The van der Waals surface area contributed by atoms with Crippen molar-refractivity contribution in [2.45, 2.75) is 31.1 Å². The highest BCUT2D eigenvalue weighted by Crippen LogP contribution is 2.39. The molecule has 3 rings (SSSR count). The van der Waals surface area contributed by atoms with Crippen LogP contribution < -0.4 is 11.1 Å². The van der Waals surface area contributed by atoms with Crippen molar-refractivity contribution in [3.63, 3.8) is 0 Å². The van der Waals surface area contributed by atoms with E-state index in [1.807, 2.05) is 0 Å². The van der Waals surface area contributed by atoms with Crippen LogP contribution in [0.4, 0.5) is 23.2 Å². The predicted octanol–water partition coefficient (Wildman–Crippen LogP) is 2.67. The second kappa shape index (κ2) is 7.29. The number of benzene rings is 1. The number of pyridine rings is 1. The molecule has 1 aliphatic heterocycles. The Morgan fingerprint density at radius 2 is 1.74 bits per heavy atom. The van der Waals surface area contributed by atoms with E-state index in [0.717, 1.165) is 6.07 Å². The van der Waals surface area contributed by atoms with Crippen molar-refractivity contribution in [2.75, 3.05) is 11.1 Å². The van der Waals surface area contributed by atoms with E-state index in [1.54, 1.807) is 0 Å². The highest BCUT2D eigenvalue weighted by molar-refractivity contribution is 7.93. The van der Waals surface area contributed by atoms with Crippen LogP contribution in [0.15, 0.2) is 29.4 Å². The van der Waals surface area contributed by atoms with Gasteiger partial charge in [-0.05, 0) is 26.8 Å². The van der Waals surface area contributed by atoms with Gasteiger partial charge >= 0.3 is 0 Å². The van der Waals surface area contributed by atoms with Gasteiger partial charge in [0.15, 0.2) is 33.0 Å². The van der Waals surface area contributed by atoms with Crippen LogP contribution >= 0.6 is 0 Å². The van der Waals surface area contributed by atoms with Gasteiger partial charge in [-0.15, -0.1) is 0 Å². The molecule has 1 amide bonds. The Balaban J connectivity index is 2.06. The summed E-state index contributed by atoms with van der Waals surface area (Å²) < 4.78 is 79.6. The molecular formula is C19H18F4N4O3S. The number of halogens is 4. The summed E-state index contributed by atoms with van der Waals surface area (Å²) in [5.74, 6) is -7.15. The van der Waals surface area contributed by atoms with Gasteiger partial charge in [0.05, 0.1) is 11.9 Å². The number of sulfone groups is 1. The van der Waals surface area contributed by atoms with Gasteiger partial charge in [0.2, 0.25) is 0 Å². The number of nitrogens with one attached hydrogen (secondary N) is 1. The number of carbonyl (C=O) groups is 1. The summed E-state index contributed by atoms with van der Waals surface area (Å²) in [4.78, 5) is 19.7. The van der Waals surface area contributed by atoms with Crippen molar-refractivity contribution in [1.29, 1.82) is 0 Å². The Labute approximate surface area is 175 Å². The zero-order chi connectivity index (χ0) is 23.4. The Kier molecular flexibility index (Phi) is 5.33. The third-order valence-corrected chi connectivity index (χ3v) is 7.83. The van der Waals surface area contributed by atoms with Crippen LogP contribution in [0.25, 0.3) is 0 Å². The van der Waals surface area contributed by atoms with Gasteiger partial charge < -0.3 is 11.1 Å². The number of hydrogen-bond donors (Lipinski definition) is 2. The molecule has 1 aromatic carbocycles. The van der Waals surface area contributed by atoms with Crippen molar-refractivity contribution >= 4 is 27.3 Å². The van der Waals surface area contributed by atoms with Crippen molar-refractivity contribution in [2.24, 2.45) is 10.7 Å². The molecule has 2 heterocycles. The SMILES string of the molecule is CC1(C)C(N)=N[C@](C)(c2cc(NC(=O)c3ncc(F)cc3F)cc(F)c2F)CS1(=O)=O. The minimum absolute atomic E-state index is 0.284. The maximum atomic E-state index is 14.6. The lowest BCUT2D eigenvalue weighted by atomic mass is 9.92. The van der Waals surface area contributed by atoms with E-state index in [9.17, 15) is 30.8 Å². The summed E-state index contributed by atoms with van der Waals surface area (Å²) in [6.07, 6.45) is 0.613. The fraction of sp³-hybridized carbons (Fsp3) is 0.316. The summed E-state index contributed by atoms with van der Waals surface area (Å²) in [5.41, 5.74) is 2.46. The molecule has 2 aromatic rings. The van der Waals surface area contributed by atoms with Crippen LogP contribution in [0.3, 0.4) is 0 Å². The van der Waals surface area contributed by atoms with E-state index in [2.05, 4.69) is 15.3 Å². The smallest absolute Gasteiger partial charge is 0.277 e. The first kappa shape index (κ1) is 22.7. The zero-order valence-corrected chi connectivity index (χ0v) is 17.4. The number of aromatic nitrogens is 1. The molecule has 0 radical (unpaired) electrons. The fourth-order valence-electron chi connectivity index (χ4n) is 3.11. The molecule has 1 aromatic heterocycles. The lowest BCUT2D eigenvalue weighted by Gasteiger charge is -2.38. The fourth-order valence-corrected chi connectivity index (χ4v) is 4.79. The van der Waals surface area contributed by atoms with Gasteiger partial charge in [-0.3, -0.25) is 9.79 Å². The van der Waals surface area contributed by atoms with Crippen LogP contribution in [0.1, 0.15) is 36.8 Å².